The van der Waals surface area contributed by atoms with Gasteiger partial charge in [-0.15, -0.1) is 0 Å². The van der Waals surface area contributed by atoms with E-state index in [1.165, 1.54) is 71.9 Å². The smallest absolute Gasteiger partial charge is 0.417 e. The summed E-state index contributed by atoms with van der Waals surface area (Å²) in [5.41, 5.74) is 7.48. The van der Waals surface area contributed by atoms with Crippen LogP contribution in [0.25, 0.3) is 0 Å². The molecule has 42 heavy (non-hydrogen) atoms. The summed E-state index contributed by atoms with van der Waals surface area (Å²) in [6, 6.07) is 9.47. The van der Waals surface area contributed by atoms with E-state index in [9.17, 15) is 0 Å². The van der Waals surface area contributed by atoms with Gasteiger partial charge in [-0.25, -0.2) is 0 Å². The Balaban J connectivity index is 2.13. The SMILES string of the molecule is CCCCCCCCCOP1Oc2c(cc(C(C)(C)C)cc2C(C)(C)C)Cc2cc(C(C)(C)C)cc(C(C)(C)C)c2O1. The van der Waals surface area contributed by atoms with Gasteiger partial charge in [0, 0.05) is 17.5 Å². The van der Waals surface area contributed by atoms with E-state index in [4.69, 9.17) is 13.6 Å². The highest BCUT2D eigenvalue weighted by atomic mass is 31.2. The van der Waals surface area contributed by atoms with Gasteiger partial charge in [0.15, 0.2) is 0 Å². The van der Waals surface area contributed by atoms with Crippen molar-refractivity contribution in [2.45, 2.75) is 163 Å². The molecule has 3 rings (SSSR count). The predicted octanol–water partition coefficient (Wildman–Crippen LogP) is 12.2. The largest absolute Gasteiger partial charge is 0.463 e. The lowest BCUT2D eigenvalue weighted by Crippen LogP contribution is -2.22. The molecule has 0 aromatic heterocycles. The summed E-state index contributed by atoms with van der Waals surface area (Å²) in [6.45, 7) is 30.4. The van der Waals surface area contributed by atoms with E-state index in [2.05, 4.69) is 114 Å². The zero-order valence-corrected chi connectivity index (χ0v) is 30.2. The summed E-state index contributed by atoms with van der Waals surface area (Å²) in [5.74, 6) is 1.90. The van der Waals surface area contributed by atoms with Crippen molar-refractivity contribution in [3.8, 4) is 11.5 Å². The van der Waals surface area contributed by atoms with Crippen LogP contribution in [-0.4, -0.2) is 6.61 Å². The molecule has 0 fully saturated rings. The summed E-state index contributed by atoms with van der Waals surface area (Å²) in [4.78, 5) is 0. The molecule has 236 valence electrons. The highest BCUT2D eigenvalue weighted by Gasteiger charge is 2.35. The molecule has 0 saturated carbocycles. The van der Waals surface area contributed by atoms with Crippen LogP contribution >= 0.6 is 8.60 Å². The predicted molar refractivity (Wildman–Crippen MR) is 183 cm³/mol. The Labute approximate surface area is 260 Å². The number of rotatable bonds is 9. The first-order valence-electron chi connectivity index (χ1n) is 16.5. The molecule has 1 heterocycles. The lowest BCUT2D eigenvalue weighted by atomic mass is 9.76. The highest BCUT2D eigenvalue weighted by Crippen LogP contribution is 2.53. The van der Waals surface area contributed by atoms with E-state index in [-0.39, 0.29) is 21.7 Å². The van der Waals surface area contributed by atoms with Crippen molar-refractivity contribution in [2.24, 2.45) is 0 Å². The normalized spacial score (nSPS) is 14.9. The van der Waals surface area contributed by atoms with Gasteiger partial charge in [0.25, 0.3) is 0 Å². The zero-order chi connectivity index (χ0) is 31.5. The van der Waals surface area contributed by atoms with E-state index in [0.29, 0.717) is 6.61 Å². The summed E-state index contributed by atoms with van der Waals surface area (Å²) < 4.78 is 20.2. The molecule has 4 heteroatoms. The van der Waals surface area contributed by atoms with Crippen molar-refractivity contribution in [2.75, 3.05) is 6.61 Å². The first-order valence-corrected chi connectivity index (χ1v) is 17.6. The van der Waals surface area contributed by atoms with Gasteiger partial charge in [0.05, 0.1) is 6.61 Å². The van der Waals surface area contributed by atoms with Crippen LogP contribution in [0, 0.1) is 0 Å². The van der Waals surface area contributed by atoms with Crippen LogP contribution in [0.3, 0.4) is 0 Å². The lowest BCUT2D eigenvalue weighted by Gasteiger charge is -2.34. The van der Waals surface area contributed by atoms with Crippen molar-refractivity contribution in [3.63, 3.8) is 0 Å². The fourth-order valence-corrected chi connectivity index (χ4v) is 6.61. The number of fused-ring (bicyclic) bond motifs is 2. The first-order chi connectivity index (χ1) is 19.3. The average molecular weight is 597 g/mol. The fraction of sp³-hybridized carbons (Fsp3) is 0.684. The maximum Gasteiger partial charge on any atom is 0.463 e. The van der Waals surface area contributed by atoms with Crippen LogP contribution in [0.5, 0.6) is 11.5 Å². The third-order valence-corrected chi connectivity index (χ3v) is 9.39. The second kappa shape index (κ2) is 13.6. The molecule has 1 aliphatic rings. The highest BCUT2D eigenvalue weighted by molar-refractivity contribution is 7.42. The maximum atomic E-state index is 6.86. The van der Waals surface area contributed by atoms with Gasteiger partial charge >= 0.3 is 8.60 Å². The zero-order valence-electron chi connectivity index (χ0n) is 29.3. The van der Waals surface area contributed by atoms with Crippen LogP contribution in [0.4, 0.5) is 0 Å². The van der Waals surface area contributed by atoms with Crippen molar-refractivity contribution >= 4 is 8.60 Å². The Morgan fingerprint density at radius 2 is 0.976 bits per heavy atom. The van der Waals surface area contributed by atoms with E-state index in [1.54, 1.807) is 0 Å². The average Bonchev–Trinajstić information content (AvgIpc) is 2.83. The molecule has 0 aliphatic carbocycles. The molecule has 2 aromatic rings. The maximum absolute atomic E-state index is 6.86. The summed E-state index contributed by atoms with van der Waals surface area (Å²) in [5, 5.41) is 0. The quantitative estimate of drug-likeness (QED) is 0.213. The Hall–Kier alpha value is -1.57. The Bertz CT molecular complexity index is 1100. The molecular weight excluding hydrogens is 535 g/mol. The van der Waals surface area contributed by atoms with Gasteiger partial charge in [-0.2, -0.15) is 0 Å². The molecule has 0 spiro atoms. The minimum absolute atomic E-state index is 0.0267. The van der Waals surface area contributed by atoms with Gasteiger partial charge in [-0.05, 0) is 50.3 Å². The summed E-state index contributed by atoms with van der Waals surface area (Å²) >= 11 is 0. The van der Waals surface area contributed by atoms with Crippen molar-refractivity contribution in [1.29, 1.82) is 0 Å². The van der Waals surface area contributed by atoms with Gasteiger partial charge in [-0.1, -0.05) is 153 Å². The standard InChI is InChI=1S/C38H61O3P/c1-14-15-16-17-18-19-20-21-39-42-40-33-27(23-29(35(2,3)4)25-31(33)37(8,9)10)22-28-24-30(36(5,6)7)26-32(34(28)41-42)38(11,12)13/h23-26H,14-22H2,1-13H3. The molecule has 3 nitrogen and oxygen atoms in total. The molecule has 0 saturated heterocycles. The van der Waals surface area contributed by atoms with Gasteiger partial charge in [0.2, 0.25) is 0 Å². The van der Waals surface area contributed by atoms with Gasteiger partial charge in [-0.3, -0.25) is 4.52 Å². The fourth-order valence-electron chi connectivity index (χ4n) is 5.46. The third kappa shape index (κ3) is 9.22. The summed E-state index contributed by atoms with van der Waals surface area (Å²) in [6.07, 6.45) is 9.52. The van der Waals surface area contributed by atoms with Crippen molar-refractivity contribution in [3.05, 3.63) is 57.6 Å². The second-order valence-corrected chi connectivity index (χ2v) is 17.6. The van der Waals surface area contributed by atoms with Gasteiger partial charge in [0.1, 0.15) is 11.5 Å². The van der Waals surface area contributed by atoms with Crippen LogP contribution in [0.2, 0.25) is 0 Å². The molecule has 0 amide bonds. The van der Waals surface area contributed by atoms with Crippen molar-refractivity contribution in [1.82, 2.24) is 0 Å². The number of hydrogen-bond donors (Lipinski definition) is 0. The Morgan fingerprint density at radius 1 is 0.571 bits per heavy atom. The van der Waals surface area contributed by atoms with Gasteiger partial charge < -0.3 is 9.05 Å². The third-order valence-electron chi connectivity index (χ3n) is 8.34. The number of hydrogen-bond acceptors (Lipinski definition) is 3. The van der Waals surface area contributed by atoms with Crippen LogP contribution in [-0.2, 0) is 32.6 Å². The minimum Gasteiger partial charge on any atom is -0.417 e. The lowest BCUT2D eigenvalue weighted by molar-refractivity contribution is 0.253. The molecule has 0 unspecified atom stereocenters. The van der Waals surface area contributed by atoms with E-state index < -0.39 is 8.60 Å². The van der Waals surface area contributed by atoms with E-state index >= 15 is 0 Å². The molecule has 2 aromatic carbocycles. The second-order valence-electron chi connectivity index (χ2n) is 16.6. The Morgan fingerprint density at radius 3 is 1.36 bits per heavy atom. The monoisotopic (exact) mass is 596 g/mol. The summed E-state index contributed by atoms with van der Waals surface area (Å²) in [7, 11) is -1.62. The van der Waals surface area contributed by atoms with Crippen LogP contribution in [0.15, 0.2) is 24.3 Å². The van der Waals surface area contributed by atoms with Crippen molar-refractivity contribution < 1.29 is 13.6 Å². The number of unbranched alkanes of at least 4 members (excludes halogenated alkanes) is 6. The molecule has 0 radical (unpaired) electrons. The molecule has 0 atom stereocenters. The molecule has 1 aliphatic heterocycles. The van der Waals surface area contributed by atoms with E-state index in [0.717, 1.165) is 24.3 Å². The van der Waals surface area contributed by atoms with E-state index in [1.807, 2.05) is 0 Å². The van der Waals surface area contributed by atoms with Crippen LogP contribution < -0.4 is 9.05 Å². The first kappa shape index (κ1) is 34.9. The number of benzene rings is 2. The molecule has 0 N–H and O–H groups in total. The molecule has 0 bridgehead atoms. The minimum atomic E-state index is -1.62. The topological polar surface area (TPSA) is 27.7 Å². The molecular formula is C38H61O3P. The Kier molecular flexibility index (Phi) is 11.3. The van der Waals surface area contributed by atoms with Crippen LogP contribution in [0.1, 0.15) is 168 Å².